The second-order valence-corrected chi connectivity index (χ2v) is 6.78. The number of aryl methyl sites for hydroxylation is 1. The Morgan fingerprint density at radius 3 is 2.67 bits per heavy atom. The van der Waals surface area contributed by atoms with Gasteiger partial charge in [-0.1, -0.05) is 18.2 Å². The van der Waals surface area contributed by atoms with Crippen molar-refractivity contribution in [2.75, 3.05) is 16.8 Å². The van der Waals surface area contributed by atoms with Crippen molar-refractivity contribution < 1.29 is 19.2 Å². The number of hydrogen-bond acceptors (Lipinski definition) is 5. The third kappa shape index (κ3) is 3.33. The maximum atomic E-state index is 12.9. The number of nitrogens with zero attached hydrogens (tertiary/aromatic N) is 2. The highest BCUT2D eigenvalue weighted by molar-refractivity contribution is 6.14. The Morgan fingerprint density at radius 1 is 1.26 bits per heavy atom. The summed E-state index contributed by atoms with van der Waals surface area (Å²) in [6.45, 7) is 4.55. The van der Waals surface area contributed by atoms with Gasteiger partial charge >= 0.3 is 5.69 Å². The SMILES string of the molecule is Cc1ccc(OCC(=O)N2c3ccccc3NC(=O)C2(C)C)c([N+](=O)[O-])c1. The van der Waals surface area contributed by atoms with Crippen molar-refractivity contribution in [2.24, 2.45) is 0 Å². The van der Waals surface area contributed by atoms with E-state index in [1.54, 1.807) is 51.1 Å². The fraction of sp³-hybridized carbons (Fsp3) is 0.263. The number of amides is 2. The first-order valence-electron chi connectivity index (χ1n) is 8.33. The van der Waals surface area contributed by atoms with Crippen molar-refractivity contribution in [1.29, 1.82) is 0 Å². The molecule has 0 aliphatic carbocycles. The predicted molar refractivity (Wildman–Crippen MR) is 100.0 cm³/mol. The number of nitro benzene ring substituents is 1. The number of anilines is 2. The van der Waals surface area contributed by atoms with Crippen LogP contribution in [0.4, 0.5) is 17.1 Å². The molecule has 0 saturated carbocycles. The fourth-order valence-corrected chi connectivity index (χ4v) is 2.99. The van der Waals surface area contributed by atoms with E-state index in [1.807, 2.05) is 0 Å². The van der Waals surface area contributed by atoms with Crippen LogP contribution in [0.3, 0.4) is 0 Å². The van der Waals surface area contributed by atoms with Gasteiger partial charge in [0.25, 0.3) is 5.91 Å². The number of nitrogens with one attached hydrogen (secondary N) is 1. The molecule has 140 valence electrons. The molecule has 2 amide bonds. The van der Waals surface area contributed by atoms with E-state index >= 15 is 0 Å². The van der Waals surface area contributed by atoms with Crippen molar-refractivity contribution in [3.8, 4) is 5.75 Å². The summed E-state index contributed by atoms with van der Waals surface area (Å²) in [7, 11) is 0. The van der Waals surface area contributed by atoms with Crippen LogP contribution in [-0.4, -0.2) is 28.9 Å². The maximum absolute atomic E-state index is 12.9. The van der Waals surface area contributed by atoms with E-state index in [0.717, 1.165) is 0 Å². The number of benzene rings is 2. The Hall–Kier alpha value is -3.42. The van der Waals surface area contributed by atoms with Gasteiger partial charge in [0, 0.05) is 6.07 Å². The topological polar surface area (TPSA) is 102 Å². The summed E-state index contributed by atoms with van der Waals surface area (Å²) in [4.78, 5) is 37.3. The summed E-state index contributed by atoms with van der Waals surface area (Å²) >= 11 is 0. The van der Waals surface area contributed by atoms with Gasteiger partial charge in [-0.2, -0.15) is 0 Å². The van der Waals surface area contributed by atoms with E-state index < -0.39 is 23.0 Å². The Morgan fingerprint density at radius 2 is 1.96 bits per heavy atom. The molecule has 1 aliphatic rings. The zero-order valence-electron chi connectivity index (χ0n) is 15.2. The number of hydrogen-bond donors (Lipinski definition) is 1. The van der Waals surface area contributed by atoms with Crippen LogP contribution in [-0.2, 0) is 9.59 Å². The highest BCUT2D eigenvalue weighted by atomic mass is 16.6. The molecule has 0 bridgehead atoms. The number of fused-ring (bicyclic) bond motifs is 1. The van der Waals surface area contributed by atoms with E-state index in [4.69, 9.17) is 4.74 Å². The average molecular weight is 369 g/mol. The van der Waals surface area contributed by atoms with Gasteiger partial charge in [0.2, 0.25) is 5.91 Å². The lowest BCUT2D eigenvalue weighted by Gasteiger charge is -2.41. The molecule has 8 nitrogen and oxygen atoms in total. The van der Waals surface area contributed by atoms with Gasteiger partial charge in [0.1, 0.15) is 5.54 Å². The molecule has 2 aromatic rings. The first kappa shape index (κ1) is 18.4. The van der Waals surface area contributed by atoms with Crippen LogP contribution in [0.15, 0.2) is 42.5 Å². The van der Waals surface area contributed by atoms with Crippen molar-refractivity contribution in [3.63, 3.8) is 0 Å². The van der Waals surface area contributed by atoms with Crippen LogP contribution in [0.1, 0.15) is 19.4 Å². The average Bonchev–Trinajstić information content (AvgIpc) is 2.61. The van der Waals surface area contributed by atoms with Crippen LogP contribution in [0.2, 0.25) is 0 Å². The molecule has 0 radical (unpaired) electrons. The first-order chi connectivity index (χ1) is 12.7. The number of ether oxygens (including phenoxy) is 1. The molecular weight excluding hydrogens is 350 g/mol. The fourth-order valence-electron chi connectivity index (χ4n) is 2.99. The minimum atomic E-state index is -1.13. The van der Waals surface area contributed by atoms with Gasteiger partial charge in [-0.3, -0.25) is 24.6 Å². The second kappa shape index (κ2) is 6.71. The molecule has 27 heavy (non-hydrogen) atoms. The van der Waals surface area contributed by atoms with E-state index in [-0.39, 0.29) is 17.3 Å². The largest absolute Gasteiger partial charge is 0.477 e. The van der Waals surface area contributed by atoms with E-state index in [1.165, 1.54) is 17.0 Å². The highest BCUT2D eigenvalue weighted by Crippen LogP contribution is 2.37. The molecular formula is C19H19N3O5. The summed E-state index contributed by atoms with van der Waals surface area (Å²) in [5, 5.41) is 14.0. The molecule has 1 N–H and O–H groups in total. The van der Waals surface area contributed by atoms with Crippen LogP contribution in [0.25, 0.3) is 0 Å². The summed E-state index contributed by atoms with van der Waals surface area (Å²) in [5.74, 6) is -0.792. The minimum Gasteiger partial charge on any atom is -0.477 e. The highest BCUT2D eigenvalue weighted by Gasteiger charge is 2.43. The number of nitro groups is 1. The van der Waals surface area contributed by atoms with Crippen LogP contribution >= 0.6 is 0 Å². The summed E-state index contributed by atoms with van der Waals surface area (Å²) < 4.78 is 5.45. The number of carbonyl (C=O) groups is 2. The zero-order chi connectivity index (χ0) is 19.8. The van der Waals surface area contributed by atoms with Crippen molar-refractivity contribution in [1.82, 2.24) is 0 Å². The summed E-state index contributed by atoms with van der Waals surface area (Å²) in [5.41, 5.74) is 0.446. The second-order valence-electron chi connectivity index (χ2n) is 6.78. The van der Waals surface area contributed by atoms with Gasteiger partial charge in [-0.25, -0.2) is 0 Å². The molecule has 1 aliphatic heterocycles. The Bertz CT molecular complexity index is 939. The Labute approximate surface area is 155 Å². The smallest absolute Gasteiger partial charge is 0.311 e. The molecule has 0 aromatic heterocycles. The van der Waals surface area contributed by atoms with Crippen LogP contribution in [0.5, 0.6) is 5.75 Å². The van der Waals surface area contributed by atoms with Gasteiger partial charge in [-0.15, -0.1) is 0 Å². The molecule has 0 spiro atoms. The lowest BCUT2D eigenvalue weighted by Crippen LogP contribution is -2.59. The van der Waals surface area contributed by atoms with Crippen LogP contribution < -0.4 is 15.0 Å². The summed E-state index contributed by atoms with van der Waals surface area (Å²) in [6, 6.07) is 11.5. The van der Waals surface area contributed by atoms with Crippen molar-refractivity contribution >= 4 is 28.9 Å². The minimum absolute atomic E-state index is 0.00602. The first-order valence-corrected chi connectivity index (χ1v) is 8.33. The molecule has 0 atom stereocenters. The third-order valence-corrected chi connectivity index (χ3v) is 4.42. The number of para-hydroxylation sites is 2. The zero-order valence-corrected chi connectivity index (χ0v) is 15.2. The van der Waals surface area contributed by atoms with E-state index in [0.29, 0.717) is 16.9 Å². The Kier molecular flexibility index (Phi) is 4.57. The van der Waals surface area contributed by atoms with Crippen molar-refractivity contribution in [3.05, 3.63) is 58.1 Å². The number of rotatable bonds is 4. The molecule has 0 saturated heterocycles. The van der Waals surface area contributed by atoms with E-state index in [2.05, 4.69) is 5.32 Å². The third-order valence-electron chi connectivity index (χ3n) is 4.42. The van der Waals surface area contributed by atoms with Crippen LogP contribution in [0, 0.1) is 17.0 Å². The molecule has 3 rings (SSSR count). The lowest BCUT2D eigenvalue weighted by atomic mass is 9.96. The van der Waals surface area contributed by atoms with Crippen molar-refractivity contribution in [2.45, 2.75) is 26.3 Å². The number of carbonyl (C=O) groups excluding carboxylic acids is 2. The van der Waals surface area contributed by atoms with Gasteiger partial charge in [0.05, 0.1) is 16.3 Å². The maximum Gasteiger partial charge on any atom is 0.311 e. The summed E-state index contributed by atoms with van der Waals surface area (Å²) in [6.07, 6.45) is 0. The molecule has 0 unspecified atom stereocenters. The Balaban J connectivity index is 1.88. The molecule has 0 fully saturated rings. The van der Waals surface area contributed by atoms with E-state index in [9.17, 15) is 19.7 Å². The standard InChI is InChI=1S/C19H19N3O5/c1-12-8-9-16(15(10-12)22(25)26)27-11-17(23)21-14-7-5-4-6-13(14)20-18(24)19(21,2)3/h4-10H,11H2,1-3H3,(H,20,24). The molecule has 2 aromatic carbocycles. The van der Waals surface area contributed by atoms with Gasteiger partial charge < -0.3 is 10.1 Å². The van der Waals surface area contributed by atoms with Gasteiger partial charge in [-0.05, 0) is 44.5 Å². The lowest BCUT2D eigenvalue weighted by molar-refractivity contribution is -0.385. The van der Waals surface area contributed by atoms with Gasteiger partial charge in [0.15, 0.2) is 12.4 Å². The normalized spacial score (nSPS) is 14.9. The monoisotopic (exact) mass is 369 g/mol. The molecule has 1 heterocycles. The molecule has 8 heteroatoms. The quantitative estimate of drug-likeness (QED) is 0.659. The predicted octanol–water partition coefficient (Wildman–Crippen LogP) is 3.05.